The van der Waals surface area contributed by atoms with Crippen molar-refractivity contribution < 1.29 is 9.90 Å². The minimum atomic E-state index is -0.849. The molecule has 0 bridgehead atoms. The molecule has 1 aliphatic rings. The fourth-order valence-corrected chi connectivity index (χ4v) is 3.42. The molecule has 31 heavy (non-hydrogen) atoms. The molecule has 8 nitrogen and oxygen atoms in total. The molecular formula is C21H14Cl2N4O4. The number of benzene rings is 2. The Hall–Kier alpha value is -3.62. The maximum absolute atomic E-state index is 12.9. The number of anilines is 1. The van der Waals surface area contributed by atoms with E-state index in [1.807, 2.05) is 0 Å². The predicted octanol–water partition coefficient (Wildman–Crippen LogP) is 3.34. The lowest BCUT2D eigenvalue weighted by Gasteiger charge is -2.12. The van der Waals surface area contributed by atoms with E-state index in [0.717, 1.165) is 9.58 Å². The second kappa shape index (κ2) is 7.90. The van der Waals surface area contributed by atoms with Crippen molar-refractivity contribution >= 4 is 46.6 Å². The van der Waals surface area contributed by atoms with E-state index in [4.69, 9.17) is 23.2 Å². The zero-order valence-electron chi connectivity index (χ0n) is 16.0. The number of hydrogen-bond donors (Lipinski definition) is 2. The van der Waals surface area contributed by atoms with Crippen molar-refractivity contribution in [3.63, 3.8) is 0 Å². The van der Waals surface area contributed by atoms with Crippen LogP contribution in [-0.4, -0.2) is 26.3 Å². The minimum Gasteiger partial charge on any atom is -0.494 e. The first-order valence-corrected chi connectivity index (χ1v) is 9.73. The first-order chi connectivity index (χ1) is 14.8. The third-order valence-corrected chi connectivity index (χ3v) is 5.10. The van der Waals surface area contributed by atoms with Gasteiger partial charge in [0.2, 0.25) is 5.88 Å². The molecule has 2 heterocycles. The van der Waals surface area contributed by atoms with Crippen LogP contribution in [0.2, 0.25) is 10.0 Å². The number of aromatic amines is 1. The number of aromatic nitrogens is 2. The summed E-state index contributed by atoms with van der Waals surface area (Å²) < 4.78 is 0.891. The lowest BCUT2D eigenvalue weighted by Crippen LogP contribution is -2.30. The number of aromatic hydroxyl groups is 1. The van der Waals surface area contributed by atoms with E-state index in [1.54, 1.807) is 43.3 Å². The smallest absolute Gasteiger partial charge is 0.335 e. The Morgan fingerprint density at radius 3 is 2.39 bits per heavy atom. The first kappa shape index (κ1) is 20.6. The van der Waals surface area contributed by atoms with Crippen molar-refractivity contribution in [1.82, 2.24) is 9.55 Å². The molecular weight excluding hydrogens is 443 g/mol. The number of amides is 1. The number of carbonyl (C=O) groups excluding carboxylic acids is 1. The molecule has 3 aromatic rings. The third-order valence-electron chi connectivity index (χ3n) is 4.61. The Balaban J connectivity index is 1.82. The van der Waals surface area contributed by atoms with E-state index in [2.05, 4.69) is 10.1 Å². The summed E-state index contributed by atoms with van der Waals surface area (Å²) in [6.45, 7) is 1.60. The average Bonchev–Trinajstić information content (AvgIpc) is 2.99. The summed E-state index contributed by atoms with van der Waals surface area (Å²) in [5.41, 5.74) is -0.811. The summed E-state index contributed by atoms with van der Waals surface area (Å²) in [4.78, 5) is 39.8. The Labute approximate surface area is 185 Å². The van der Waals surface area contributed by atoms with Crippen molar-refractivity contribution in [1.29, 1.82) is 0 Å². The molecule has 1 amide bonds. The summed E-state index contributed by atoms with van der Waals surface area (Å²) in [6.07, 6.45) is 1.20. The Morgan fingerprint density at radius 1 is 1.00 bits per heavy atom. The van der Waals surface area contributed by atoms with Crippen molar-refractivity contribution in [3.05, 3.63) is 90.6 Å². The molecule has 0 fully saturated rings. The van der Waals surface area contributed by atoms with Crippen LogP contribution in [0.1, 0.15) is 12.5 Å². The average molecular weight is 457 g/mol. The number of halogens is 2. The predicted molar refractivity (Wildman–Crippen MR) is 119 cm³/mol. The Kier molecular flexibility index (Phi) is 5.26. The molecule has 0 atom stereocenters. The van der Waals surface area contributed by atoms with E-state index < -0.39 is 23.0 Å². The fraction of sp³-hybridized carbons (Fsp3) is 0.0476. The van der Waals surface area contributed by atoms with Gasteiger partial charge in [-0.2, -0.15) is 10.1 Å². The van der Waals surface area contributed by atoms with Crippen molar-refractivity contribution in [2.45, 2.75) is 6.92 Å². The minimum absolute atomic E-state index is 0.0899. The molecule has 0 aliphatic carbocycles. The van der Waals surface area contributed by atoms with Crippen molar-refractivity contribution in [3.8, 4) is 11.6 Å². The largest absolute Gasteiger partial charge is 0.494 e. The molecule has 4 rings (SSSR count). The number of nitrogens with zero attached hydrogens (tertiary/aromatic N) is 3. The maximum atomic E-state index is 12.9. The van der Waals surface area contributed by atoms with Crippen LogP contribution in [0.15, 0.2) is 68.8 Å². The monoisotopic (exact) mass is 456 g/mol. The van der Waals surface area contributed by atoms with Crippen LogP contribution in [-0.2, 0) is 4.79 Å². The molecule has 10 heteroatoms. The van der Waals surface area contributed by atoms with Gasteiger partial charge in [-0.05, 0) is 55.5 Å². The van der Waals surface area contributed by atoms with Crippen molar-refractivity contribution in [2.24, 2.45) is 5.10 Å². The van der Waals surface area contributed by atoms with Crippen LogP contribution in [0.5, 0.6) is 5.88 Å². The molecule has 156 valence electrons. The summed E-state index contributed by atoms with van der Waals surface area (Å²) >= 11 is 11.9. The number of hydrazone groups is 1. The van der Waals surface area contributed by atoms with E-state index in [-0.39, 0.29) is 16.8 Å². The van der Waals surface area contributed by atoms with Gasteiger partial charge in [0.1, 0.15) is 5.56 Å². The molecule has 0 saturated carbocycles. The molecule has 0 unspecified atom stereocenters. The second-order valence-electron chi connectivity index (χ2n) is 6.65. The lowest BCUT2D eigenvalue weighted by molar-refractivity contribution is -0.114. The third kappa shape index (κ3) is 3.78. The number of nitrogens with one attached hydrogen (secondary N) is 1. The highest BCUT2D eigenvalue weighted by Gasteiger charge is 2.29. The van der Waals surface area contributed by atoms with Gasteiger partial charge in [-0.25, -0.2) is 9.36 Å². The normalized spacial score (nSPS) is 14.9. The quantitative estimate of drug-likeness (QED) is 0.589. The van der Waals surface area contributed by atoms with Gasteiger partial charge >= 0.3 is 5.69 Å². The SMILES string of the molecule is CC1=NN(c2ccc(Cl)cc2)C(=O)/C1=C/c1c(O)n(-c2cccc(Cl)c2)c(=O)[nH]c1=O. The van der Waals surface area contributed by atoms with Gasteiger partial charge in [-0.1, -0.05) is 29.3 Å². The molecule has 0 spiro atoms. The van der Waals surface area contributed by atoms with Crippen LogP contribution in [0.25, 0.3) is 11.8 Å². The van der Waals surface area contributed by atoms with E-state index >= 15 is 0 Å². The van der Waals surface area contributed by atoms with E-state index in [1.165, 1.54) is 18.2 Å². The molecule has 2 aromatic carbocycles. The highest BCUT2D eigenvalue weighted by molar-refractivity contribution is 6.33. The van der Waals surface area contributed by atoms with Gasteiger partial charge in [-0.3, -0.25) is 14.6 Å². The van der Waals surface area contributed by atoms with Crippen molar-refractivity contribution in [2.75, 3.05) is 5.01 Å². The van der Waals surface area contributed by atoms with Gasteiger partial charge in [0.15, 0.2) is 0 Å². The Bertz CT molecular complexity index is 1390. The maximum Gasteiger partial charge on any atom is 0.335 e. The van der Waals surface area contributed by atoms with E-state index in [0.29, 0.717) is 21.4 Å². The molecule has 1 aromatic heterocycles. The molecule has 2 N–H and O–H groups in total. The van der Waals surface area contributed by atoms with Gasteiger partial charge in [0.25, 0.3) is 11.5 Å². The second-order valence-corrected chi connectivity index (χ2v) is 7.52. The van der Waals surface area contributed by atoms with Crippen LogP contribution in [0, 0.1) is 0 Å². The summed E-state index contributed by atoms with van der Waals surface area (Å²) in [5, 5.41) is 16.9. The van der Waals surface area contributed by atoms with Crippen LogP contribution >= 0.6 is 23.2 Å². The van der Waals surface area contributed by atoms with Gasteiger partial charge in [0, 0.05) is 10.0 Å². The standard InChI is InChI=1S/C21H14Cl2N4O4/c1-11-16(20(30)27(25-11)14-7-5-12(22)6-8-14)10-17-18(28)24-21(31)26(19(17)29)15-4-2-3-13(23)9-15/h2-10,29H,1H3,(H,24,28,31)/b16-10+. The summed E-state index contributed by atoms with van der Waals surface area (Å²) in [7, 11) is 0. The zero-order chi connectivity index (χ0) is 22.3. The van der Waals surface area contributed by atoms with Crippen LogP contribution in [0.3, 0.4) is 0 Å². The lowest BCUT2D eigenvalue weighted by atomic mass is 10.1. The number of H-pyrrole nitrogens is 1. The first-order valence-electron chi connectivity index (χ1n) is 8.98. The van der Waals surface area contributed by atoms with Gasteiger partial charge < -0.3 is 5.11 Å². The number of rotatable bonds is 3. The van der Waals surface area contributed by atoms with E-state index in [9.17, 15) is 19.5 Å². The van der Waals surface area contributed by atoms with Crippen LogP contribution < -0.4 is 16.3 Å². The molecule has 0 saturated heterocycles. The highest BCUT2D eigenvalue weighted by Crippen LogP contribution is 2.27. The van der Waals surface area contributed by atoms with Gasteiger partial charge in [-0.15, -0.1) is 0 Å². The number of hydrogen-bond acceptors (Lipinski definition) is 5. The summed E-state index contributed by atoms with van der Waals surface area (Å²) in [5.74, 6) is -1.13. The fourth-order valence-electron chi connectivity index (χ4n) is 3.11. The van der Waals surface area contributed by atoms with Gasteiger partial charge in [0.05, 0.1) is 22.7 Å². The highest BCUT2D eigenvalue weighted by atomic mass is 35.5. The van der Waals surface area contributed by atoms with Crippen LogP contribution in [0.4, 0.5) is 5.69 Å². The summed E-state index contributed by atoms with van der Waals surface area (Å²) in [6, 6.07) is 12.7. The zero-order valence-corrected chi connectivity index (χ0v) is 17.5. The number of carbonyl (C=O) groups is 1. The molecule has 0 radical (unpaired) electrons. The topological polar surface area (TPSA) is 108 Å². The molecule has 1 aliphatic heterocycles. The Morgan fingerprint density at radius 2 is 1.71 bits per heavy atom.